The van der Waals surface area contributed by atoms with Gasteiger partial charge in [-0.1, -0.05) is 42.8 Å². The van der Waals surface area contributed by atoms with Crippen molar-refractivity contribution < 1.29 is 22.3 Å². The van der Waals surface area contributed by atoms with Gasteiger partial charge in [0, 0.05) is 17.6 Å². The molecule has 0 aromatic heterocycles. The minimum atomic E-state index is -3.19. The molecule has 1 saturated heterocycles. The number of benzene rings is 2. The Labute approximate surface area is 175 Å². The highest BCUT2D eigenvalue weighted by Crippen LogP contribution is 2.24. The van der Waals surface area contributed by atoms with Crippen molar-refractivity contribution in [1.82, 2.24) is 4.90 Å². The largest absolute Gasteiger partial charge is 0.478 e. The first-order valence-electron chi connectivity index (χ1n) is 9.45. The highest BCUT2D eigenvalue weighted by Gasteiger charge is 2.37. The van der Waals surface area contributed by atoms with Crippen LogP contribution < -0.4 is 4.74 Å². The number of hydrogen-bond acceptors (Lipinski definition) is 4. The van der Waals surface area contributed by atoms with E-state index in [1.807, 2.05) is 0 Å². The van der Waals surface area contributed by atoms with Crippen LogP contribution in [0.2, 0.25) is 5.02 Å². The molecule has 1 aliphatic heterocycles. The fraction of sp³-hybridized carbons (Fsp3) is 0.381. The van der Waals surface area contributed by atoms with Gasteiger partial charge < -0.3 is 9.64 Å². The van der Waals surface area contributed by atoms with E-state index < -0.39 is 27.8 Å². The second kappa shape index (κ2) is 9.13. The number of para-hydroxylation sites is 1. The van der Waals surface area contributed by atoms with Crippen molar-refractivity contribution in [2.75, 3.05) is 11.5 Å². The third-order valence-electron chi connectivity index (χ3n) is 4.95. The van der Waals surface area contributed by atoms with Crippen LogP contribution in [-0.4, -0.2) is 42.9 Å². The number of hydrogen-bond donors (Lipinski definition) is 0. The first-order chi connectivity index (χ1) is 13.8. The molecule has 0 radical (unpaired) electrons. The lowest BCUT2D eigenvalue weighted by Gasteiger charge is -2.32. The summed E-state index contributed by atoms with van der Waals surface area (Å²) in [4.78, 5) is 14.9. The van der Waals surface area contributed by atoms with E-state index in [4.69, 9.17) is 16.3 Å². The number of carbonyl (C=O) groups is 1. The molecule has 1 amide bonds. The lowest BCUT2D eigenvalue weighted by molar-refractivity contribution is -0.141. The molecule has 2 atom stereocenters. The summed E-state index contributed by atoms with van der Waals surface area (Å²) >= 11 is 5.94. The number of sulfone groups is 1. The summed E-state index contributed by atoms with van der Waals surface area (Å²) in [5.41, 5.74) is 0.827. The van der Waals surface area contributed by atoms with Gasteiger partial charge in [-0.3, -0.25) is 4.79 Å². The maximum atomic E-state index is 14.0. The molecule has 0 N–H and O–H groups in total. The standard InChI is InChI=1S/C21H23ClFNO4S/c1-2-19(28-20-6-4-3-5-18(20)23)21(25)24(17-11-12-29(26,27)14-17)13-15-7-9-16(22)10-8-15/h3-10,17,19H,2,11-14H2,1H3. The van der Waals surface area contributed by atoms with Crippen LogP contribution in [0.3, 0.4) is 0 Å². The number of halogens is 2. The lowest BCUT2D eigenvalue weighted by atomic mass is 10.1. The third-order valence-corrected chi connectivity index (χ3v) is 6.95. The summed E-state index contributed by atoms with van der Waals surface area (Å²) in [6.45, 7) is 2.00. The van der Waals surface area contributed by atoms with Crippen molar-refractivity contribution >= 4 is 27.3 Å². The quantitative estimate of drug-likeness (QED) is 0.657. The van der Waals surface area contributed by atoms with E-state index in [-0.39, 0.29) is 29.7 Å². The Morgan fingerprint density at radius 2 is 1.93 bits per heavy atom. The molecule has 156 valence electrons. The second-order valence-corrected chi connectivity index (χ2v) is 9.76. The summed E-state index contributed by atoms with van der Waals surface area (Å²) in [5.74, 6) is -0.937. The molecule has 0 bridgehead atoms. The lowest BCUT2D eigenvalue weighted by Crippen LogP contribution is -2.47. The van der Waals surface area contributed by atoms with Gasteiger partial charge >= 0.3 is 0 Å². The number of carbonyl (C=O) groups excluding carboxylic acids is 1. The molecule has 2 unspecified atom stereocenters. The molecule has 0 saturated carbocycles. The first kappa shape index (κ1) is 21.6. The van der Waals surface area contributed by atoms with Gasteiger partial charge in [-0.25, -0.2) is 12.8 Å². The van der Waals surface area contributed by atoms with Crippen LogP contribution in [0.4, 0.5) is 4.39 Å². The number of ether oxygens (including phenoxy) is 1. The summed E-state index contributed by atoms with van der Waals surface area (Å²) in [7, 11) is -3.19. The van der Waals surface area contributed by atoms with Crippen molar-refractivity contribution in [2.24, 2.45) is 0 Å². The van der Waals surface area contributed by atoms with Crippen LogP contribution in [-0.2, 0) is 21.2 Å². The fourth-order valence-corrected chi connectivity index (χ4v) is 5.24. The number of rotatable bonds is 7. The molecular formula is C21H23ClFNO4S. The second-order valence-electron chi connectivity index (χ2n) is 7.09. The van der Waals surface area contributed by atoms with E-state index in [9.17, 15) is 17.6 Å². The Bertz CT molecular complexity index is 965. The van der Waals surface area contributed by atoms with Crippen molar-refractivity contribution in [3.8, 4) is 5.75 Å². The van der Waals surface area contributed by atoms with Gasteiger partial charge in [0.1, 0.15) is 0 Å². The molecular weight excluding hydrogens is 417 g/mol. The van der Waals surface area contributed by atoms with Crippen LogP contribution in [0, 0.1) is 5.82 Å². The van der Waals surface area contributed by atoms with E-state index in [1.165, 1.54) is 12.1 Å². The first-order valence-corrected chi connectivity index (χ1v) is 11.7. The molecule has 5 nitrogen and oxygen atoms in total. The summed E-state index contributed by atoms with van der Waals surface area (Å²) in [6.07, 6.45) is -0.218. The molecule has 3 rings (SSSR count). The van der Waals surface area contributed by atoms with E-state index in [0.717, 1.165) is 5.56 Å². The van der Waals surface area contributed by atoms with Crippen LogP contribution >= 0.6 is 11.6 Å². The van der Waals surface area contributed by atoms with Crippen molar-refractivity contribution in [2.45, 2.75) is 38.5 Å². The van der Waals surface area contributed by atoms with Crippen molar-refractivity contribution in [3.63, 3.8) is 0 Å². The van der Waals surface area contributed by atoms with Gasteiger partial charge in [0.05, 0.1) is 11.5 Å². The molecule has 8 heteroatoms. The summed E-state index contributed by atoms with van der Waals surface area (Å²) < 4.78 is 43.7. The maximum absolute atomic E-state index is 14.0. The predicted octanol–water partition coefficient (Wildman–Crippen LogP) is 3.85. The van der Waals surface area contributed by atoms with Gasteiger partial charge in [-0.15, -0.1) is 0 Å². The highest BCUT2D eigenvalue weighted by atomic mass is 35.5. The van der Waals surface area contributed by atoms with Gasteiger partial charge in [0.15, 0.2) is 27.5 Å². The van der Waals surface area contributed by atoms with E-state index >= 15 is 0 Å². The molecule has 0 aliphatic carbocycles. The fourth-order valence-electron chi connectivity index (χ4n) is 3.38. The summed E-state index contributed by atoms with van der Waals surface area (Å²) in [5, 5.41) is 0.574. The van der Waals surface area contributed by atoms with E-state index in [1.54, 1.807) is 48.2 Å². The Balaban J connectivity index is 1.85. The maximum Gasteiger partial charge on any atom is 0.264 e. The smallest absolute Gasteiger partial charge is 0.264 e. The minimum absolute atomic E-state index is 0.00168. The normalized spacial score (nSPS) is 18.9. The molecule has 2 aromatic carbocycles. The van der Waals surface area contributed by atoms with Gasteiger partial charge in [-0.2, -0.15) is 0 Å². The monoisotopic (exact) mass is 439 g/mol. The van der Waals surface area contributed by atoms with E-state index in [2.05, 4.69) is 0 Å². The SMILES string of the molecule is CCC(Oc1ccccc1F)C(=O)N(Cc1ccc(Cl)cc1)C1CCS(=O)(=O)C1. The minimum Gasteiger partial charge on any atom is -0.478 e. The Morgan fingerprint density at radius 3 is 2.52 bits per heavy atom. The van der Waals surface area contributed by atoms with Crippen LogP contribution in [0.25, 0.3) is 0 Å². The summed E-state index contributed by atoms with van der Waals surface area (Å²) in [6, 6.07) is 12.5. The highest BCUT2D eigenvalue weighted by molar-refractivity contribution is 7.91. The molecule has 1 aliphatic rings. The number of amides is 1. The van der Waals surface area contributed by atoms with Gasteiger partial charge in [0.25, 0.3) is 5.91 Å². The van der Waals surface area contributed by atoms with E-state index in [0.29, 0.717) is 17.9 Å². The Morgan fingerprint density at radius 1 is 1.24 bits per heavy atom. The van der Waals surface area contributed by atoms with Crippen LogP contribution in [0.15, 0.2) is 48.5 Å². The molecule has 0 spiro atoms. The van der Waals surface area contributed by atoms with Crippen LogP contribution in [0.5, 0.6) is 5.75 Å². The average Bonchev–Trinajstić information content (AvgIpc) is 3.06. The molecule has 1 fully saturated rings. The zero-order valence-electron chi connectivity index (χ0n) is 16.1. The van der Waals surface area contributed by atoms with Crippen molar-refractivity contribution in [1.29, 1.82) is 0 Å². The topological polar surface area (TPSA) is 63.7 Å². The van der Waals surface area contributed by atoms with Gasteiger partial charge in [-0.05, 0) is 42.7 Å². The Kier molecular flexibility index (Phi) is 6.80. The van der Waals surface area contributed by atoms with Gasteiger partial charge in [0.2, 0.25) is 0 Å². The van der Waals surface area contributed by atoms with Crippen molar-refractivity contribution in [3.05, 3.63) is 64.9 Å². The average molecular weight is 440 g/mol. The third kappa shape index (κ3) is 5.48. The molecule has 1 heterocycles. The number of nitrogens with zero attached hydrogens (tertiary/aromatic N) is 1. The zero-order valence-corrected chi connectivity index (χ0v) is 17.6. The molecule has 2 aromatic rings. The Hall–Kier alpha value is -2.12. The zero-order chi connectivity index (χ0) is 21.0. The van der Waals surface area contributed by atoms with Crippen LogP contribution in [0.1, 0.15) is 25.3 Å². The predicted molar refractivity (Wildman–Crippen MR) is 110 cm³/mol. The molecule has 29 heavy (non-hydrogen) atoms.